The molecule has 0 aliphatic rings. The molecule has 0 radical (unpaired) electrons. The van der Waals surface area contributed by atoms with Gasteiger partial charge in [0.15, 0.2) is 4.96 Å². The average molecular weight is 314 g/mol. The summed E-state index contributed by atoms with van der Waals surface area (Å²) in [6, 6.07) is 10.6. The van der Waals surface area contributed by atoms with Crippen LogP contribution in [0.1, 0.15) is 5.56 Å². The maximum atomic E-state index is 13.7. The van der Waals surface area contributed by atoms with Gasteiger partial charge in [0.1, 0.15) is 11.6 Å². The first-order valence-corrected chi connectivity index (χ1v) is 7.32. The van der Waals surface area contributed by atoms with Crippen LogP contribution in [-0.2, 0) is 0 Å². The molecule has 0 aliphatic heterocycles. The zero-order valence-electron chi connectivity index (χ0n) is 11.1. The van der Waals surface area contributed by atoms with Gasteiger partial charge in [0, 0.05) is 11.6 Å². The van der Waals surface area contributed by atoms with E-state index in [1.807, 2.05) is 24.3 Å². The fraction of sp³-hybridized carbons (Fsp3) is 0. The van der Waals surface area contributed by atoms with Gasteiger partial charge < -0.3 is 0 Å². The number of hydrogen-bond donors (Lipinski definition) is 0. The summed E-state index contributed by atoms with van der Waals surface area (Å²) >= 11 is 1.18. The van der Waals surface area contributed by atoms with Crippen LogP contribution in [0, 0.1) is 11.6 Å². The molecule has 2 aromatic carbocycles. The first kappa shape index (κ1) is 13.1. The van der Waals surface area contributed by atoms with Crippen molar-refractivity contribution in [2.75, 3.05) is 0 Å². The second kappa shape index (κ2) is 4.71. The maximum Gasteiger partial charge on any atom is 0.274 e. The van der Waals surface area contributed by atoms with Crippen LogP contribution in [0.15, 0.2) is 47.3 Å². The van der Waals surface area contributed by atoms with Crippen LogP contribution in [0.3, 0.4) is 0 Å². The van der Waals surface area contributed by atoms with E-state index in [0.717, 1.165) is 23.2 Å². The fourth-order valence-corrected chi connectivity index (χ4v) is 3.35. The number of halogens is 2. The second-order valence-electron chi connectivity index (χ2n) is 4.80. The first-order chi connectivity index (χ1) is 10.6. The van der Waals surface area contributed by atoms with Gasteiger partial charge in [-0.25, -0.2) is 18.2 Å². The van der Waals surface area contributed by atoms with Crippen molar-refractivity contribution in [2.24, 2.45) is 0 Å². The van der Waals surface area contributed by atoms with E-state index >= 15 is 0 Å². The first-order valence-electron chi connectivity index (χ1n) is 6.50. The van der Waals surface area contributed by atoms with Crippen molar-refractivity contribution >= 4 is 33.4 Å². The van der Waals surface area contributed by atoms with E-state index < -0.39 is 11.6 Å². The largest absolute Gasteiger partial charge is 0.274 e. The summed E-state index contributed by atoms with van der Waals surface area (Å²) in [5.41, 5.74) is 1.38. The third-order valence-corrected chi connectivity index (χ3v) is 4.36. The van der Waals surface area contributed by atoms with Crippen molar-refractivity contribution < 1.29 is 8.78 Å². The summed E-state index contributed by atoms with van der Waals surface area (Å²) in [5.74, 6) is -1.35. The van der Waals surface area contributed by atoms with E-state index in [-0.39, 0.29) is 11.1 Å². The standard InChI is InChI=1S/C16H8F2N2OS/c17-10-6-5-9(11(18)8-10)7-14-15(21)20-13-4-2-1-3-12(13)19-16(20)22-14/h1-8H/b14-7+. The van der Waals surface area contributed by atoms with Gasteiger partial charge >= 0.3 is 0 Å². The van der Waals surface area contributed by atoms with Gasteiger partial charge in [-0.1, -0.05) is 23.5 Å². The van der Waals surface area contributed by atoms with Crippen LogP contribution >= 0.6 is 11.3 Å². The Morgan fingerprint density at radius 2 is 1.95 bits per heavy atom. The molecule has 22 heavy (non-hydrogen) atoms. The molecule has 108 valence electrons. The highest BCUT2D eigenvalue weighted by Crippen LogP contribution is 2.16. The lowest BCUT2D eigenvalue weighted by Gasteiger charge is -1.95. The number of aromatic nitrogens is 2. The van der Waals surface area contributed by atoms with Gasteiger partial charge in [-0.3, -0.25) is 4.79 Å². The van der Waals surface area contributed by atoms with Gasteiger partial charge in [0.2, 0.25) is 0 Å². The van der Waals surface area contributed by atoms with E-state index in [1.54, 1.807) is 0 Å². The van der Waals surface area contributed by atoms with E-state index in [4.69, 9.17) is 0 Å². The van der Waals surface area contributed by atoms with Crippen molar-refractivity contribution in [1.29, 1.82) is 0 Å². The molecule has 0 amide bonds. The van der Waals surface area contributed by atoms with Crippen LogP contribution in [0.2, 0.25) is 0 Å². The summed E-state index contributed by atoms with van der Waals surface area (Å²) < 4.78 is 28.5. The van der Waals surface area contributed by atoms with Crippen LogP contribution < -0.4 is 10.1 Å². The Morgan fingerprint density at radius 3 is 2.77 bits per heavy atom. The van der Waals surface area contributed by atoms with Crippen LogP contribution in [0.25, 0.3) is 22.1 Å². The number of benzene rings is 2. The smallest absolute Gasteiger partial charge is 0.267 e. The Hall–Kier alpha value is -2.60. The minimum atomic E-state index is -0.699. The minimum absolute atomic E-state index is 0.173. The molecule has 3 nitrogen and oxygen atoms in total. The number of rotatable bonds is 1. The fourth-order valence-electron chi connectivity index (χ4n) is 2.37. The molecule has 4 aromatic rings. The molecule has 4 rings (SSSR count). The van der Waals surface area contributed by atoms with E-state index in [1.165, 1.54) is 27.9 Å². The molecule has 0 spiro atoms. The number of imidazole rings is 1. The van der Waals surface area contributed by atoms with Crippen LogP contribution in [0.5, 0.6) is 0 Å². The minimum Gasteiger partial charge on any atom is -0.267 e. The molecule has 0 bridgehead atoms. The molecular weight excluding hydrogens is 306 g/mol. The van der Waals surface area contributed by atoms with Gasteiger partial charge in [0.25, 0.3) is 5.56 Å². The summed E-state index contributed by atoms with van der Waals surface area (Å²) in [6.45, 7) is 0. The topological polar surface area (TPSA) is 34.4 Å². The third kappa shape index (κ3) is 1.92. The quantitative estimate of drug-likeness (QED) is 0.541. The number of para-hydroxylation sites is 2. The molecular formula is C16H8F2N2OS. The Morgan fingerprint density at radius 1 is 1.14 bits per heavy atom. The highest BCUT2D eigenvalue weighted by Gasteiger charge is 2.11. The normalized spacial score (nSPS) is 12.5. The predicted molar refractivity (Wildman–Crippen MR) is 82.0 cm³/mol. The lowest BCUT2D eigenvalue weighted by Crippen LogP contribution is -2.22. The SMILES string of the molecule is O=c1/c(=C\c2ccc(F)cc2F)sc2nc3ccccc3n12. The molecule has 0 saturated carbocycles. The number of fused-ring (bicyclic) bond motifs is 3. The highest BCUT2D eigenvalue weighted by molar-refractivity contribution is 7.15. The lowest BCUT2D eigenvalue weighted by atomic mass is 10.2. The second-order valence-corrected chi connectivity index (χ2v) is 5.81. The van der Waals surface area contributed by atoms with Crippen LogP contribution in [0.4, 0.5) is 8.78 Å². The molecule has 0 fully saturated rings. The van der Waals surface area contributed by atoms with E-state index in [9.17, 15) is 13.6 Å². The Balaban J connectivity index is 2.01. The predicted octanol–water partition coefficient (Wildman–Crippen LogP) is 2.74. The summed E-state index contributed by atoms with van der Waals surface area (Å²) in [6.07, 6.45) is 1.42. The third-order valence-electron chi connectivity index (χ3n) is 3.39. The van der Waals surface area contributed by atoms with Crippen LogP contribution in [-0.4, -0.2) is 9.38 Å². The van der Waals surface area contributed by atoms with Crippen molar-refractivity contribution in [3.05, 3.63) is 74.5 Å². The zero-order valence-corrected chi connectivity index (χ0v) is 11.9. The van der Waals surface area contributed by atoms with Crippen molar-refractivity contribution in [3.63, 3.8) is 0 Å². The van der Waals surface area contributed by atoms with Gasteiger partial charge in [0.05, 0.1) is 15.6 Å². The molecule has 0 saturated heterocycles. The number of thiazole rings is 1. The molecule has 6 heteroatoms. The summed E-state index contributed by atoms with van der Waals surface area (Å²) in [7, 11) is 0. The van der Waals surface area contributed by atoms with Gasteiger partial charge in [-0.2, -0.15) is 0 Å². The Bertz CT molecular complexity index is 1130. The molecule has 0 atom stereocenters. The van der Waals surface area contributed by atoms with E-state index in [0.29, 0.717) is 9.49 Å². The molecule has 2 heterocycles. The molecule has 0 aliphatic carbocycles. The molecule has 0 N–H and O–H groups in total. The average Bonchev–Trinajstić information content (AvgIpc) is 2.99. The van der Waals surface area contributed by atoms with Crippen molar-refractivity contribution in [3.8, 4) is 0 Å². The zero-order chi connectivity index (χ0) is 15.3. The number of hydrogen-bond acceptors (Lipinski definition) is 3. The maximum absolute atomic E-state index is 13.7. The van der Waals surface area contributed by atoms with Crippen molar-refractivity contribution in [2.45, 2.75) is 0 Å². The Kier molecular flexibility index (Phi) is 2.80. The van der Waals surface area contributed by atoms with Gasteiger partial charge in [-0.15, -0.1) is 0 Å². The number of nitrogens with zero attached hydrogens (tertiary/aromatic N) is 2. The molecule has 0 unspecified atom stereocenters. The van der Waals surface area contributed by atoms with Crippen molar-refractivity contribution in [1.82, 2.24) is 9.38 Å². The Labute approximate surface area is 126 Å². The summed E-state index contributed by atoms with van der Waals surface area (Å²) in [5, 5.41) is 0. The van der Waals surface area contributed by atoms with E-state index in [2.05, 4.69) is 4.98 Å². The van der Waals surface area contributed by atoms with Gasteiger partial charge in [-0.05, 0) is 30.3 Å². The molecule has 2 aromatic heterocycles. The summed E-state index contributed by atoms with van der Waals surface area (Å²) in [4.78, 5) is 17.4. The highest BCUT2D eigenvalue weighted by atomic mass is 32.1. The lowest BCUT2D eigenvalue weighted by molar-refractivity contribution is 0.581. The monoisotopic (exact) mass is 314 g/mol.